The Morgan fingerprint density at radius 3 is 2.50 bits per heavy atom. The molecule has 0 aliphatic carbocycles. The predicted octanol–water partition coefficient (Wildman–Crippen LogP) is 4.31. The average Bonchev–Trinajstić information content (AvgIpc) is 2.78. The van der Waals surface area contributed by atoms with Gasteiger partial charge in [0.15, 0.2) is 0 Å². The minimum atomic E-state index is -4.61. The number of nitrogens with one attached hydrogen (secondary N) is 1. The normalized spacial score (nSPS) is 17.6. The fraction of sp³-hybridized carbons (Fsp3) is 0.364. The zero-order valence-corrected chi connectivity index (χ0v) is 19.8. The Kier molecular flexibility index (Phi) is 6.52. The molecule has 2 aliphatic rings. The van der Waals surface area contributed by atoms with Crippen LogP contribution >= 0.6 is 11.6 Å². The lowest BCUT2D eigenvalue weighted by atomic mass is 10.1. The number of piperazine rings is 1. The number of amides is 1. The number of fused-ring (bicyclic) bond motifs is 1. The number of halogens is 4. The summed E-state index contributed by atoms with van der Waals surface area (Å²) in [6.07, 6.45) is -4.68. The van der Waals surface area contributed by atoms with Crippen molar-refractivity contribution in [2.45, 2.75) is 30.8 Å². The summed E-state index contributed by atoms with van der Waals surface area (Å²) < 4.78 is 67.5. The van der Waals surface area contributed by atoms with Crippen molar-refractivity contribution in [3.63, 3.8) is 0 Å². The number of amidine groups is 1. The van der Waals surface area contributed by atoms with Gasteiger partial charge in [-0.1, -0.05) is 17.7 Å². The number of rotatable bonds is 4. The van der Waals surface area contributed by atoms with Crippen molar-refractivity contribution in [3.8, 4) is 0 Å². The van der Waals surface area contributed by atoms with Gasteiger partial charge in [-0.3, -0.25) is 4.79 Å². The third kappa shape index (κ3) is 5.15. The van der Waals surface area contributed by atoms with Crippen LogP contribution in [0.3, 0.4) is 0 Å². The van der Waals surface area contributed by atoms with Crippen molar-refractivity contribution in [3.05, 3.63) is 52.5 Å². The lowest BCUT2D eigenvalue weighted by Gasteiger charge is -2.37. The fourth-order valence-corrected chi connectivity index (χ4v) is 5.33. The van der Waals surface area contributed by atoms with Crippen LogP contribution in [0.25, 0.3) is 0 Å². The summed E-state index contributed by atoms with van der Waals surface area (Å²) in [6, 6.07) is 7.98. The Hall–Kier alpha value is -2.79. The van der Waals surface area contributed by atoms with Crippen LogP contribution in [-0.2, 0) is 21.0 Å². The number of aryl methyl sites for hydroxylation is 1. The molecule has 0 spiro atoms. The van der Waals surface area contributed by atoms with Crippen molar-refractivity contribution in [1.82, 2.24) is 4.90 Å². The first-order chi connectivity index (χ1) is 15.9. The van der Waals surface area contributed by atoms with Crippen molar-refractivity contribution in [2.24, 2.45) is 4.40 Å². The molecule has 2 aliphatic heterocycles. The van der Waals surface area contributed by atoms with Gasteiger partial charge in [0.05, 0.1) is 11.3 Å². The summed E-state index contributed by atoms with van der Waals surface area (Å²) in [4.78, 5) is 16.2. The van der Waals surface area contributed by atoms with Crippen LogP contribution in [0.15, 0.2) is 45.7 Å². The highest BCUT2D eigenvalue weighted by Gasteiger charge is 2.34. The molecule has 12 heteroatoms. The zero-order chi connectivity index (χ0) is 24.7. The molecule has 0 saturated carbocycles. The summed E-state index contributed by atoms with van der Waals surface area (Å²) in [7, 11) is -4.16. The summed E-state index contributed by atoms with van der Waals surface area (Å²) in [6.45, 7) is 4.20. The van der Waals surface area contributed by atoms with Gasteiger partial charge < -0.3 is 15.1 Å². The van der Waals surface area contributed by atoms with E-state index >= 15 is 0 Å². The van der Waals surface area contributed by atoms with Crippen LogP contribution < -0.4 is 10.2 Å². The molecule has 34 heavy (non-hydrogen) atoms. The predicted molar refractivity (Wildman–Crippen MR) is 124 cm³/mol. The van der Waals surface area contributed by atoms with Gasteiger partial charge >= 0.3 is 6.18 Å². The van der Waals surface area contributed by atoms with Gasteiger partial charge in [-0.2, -0.15) is 21.6 Å². The maximum atomic E-state index is 13.0. The summed E-state index contributed by atoms with van der Waals surface area (Å²) in [5.41, 5.74) is 0.931. The third-order valence-electron chi connectivity index (χ3n) is 5.81. The smallest absolute Gasteiger partial charge is 0.368 e. The van der Waals surface area contributed by atoms with Crippen LogP contribution in [-0.4, -0.2) is 51.2 Å². The molecular formula is C22H22ClF3N4O3S. The Bertz CT molecular complexity index is 1260. The maximum Gasteiger partial charge on any atom is 0.416 e. The second kappa shape index (κ2) is 9.10. The summed E-state index contributed by atoms with van der Waals surface area (Å²) in [5.74, 6) is -0.243. The Morgan fingerprint density at radius 2 is 1.82 bits per heavy atom. The number of nitrogens with zero attached hydrogens (tertiary/aromatic N) is 3. The number of hydrogen-bond donors (Lipinski definition) is 1. The molecule has 1 N–H and O–H groups in total. The first-order valence-corrected chi connectivity index (χ1v) is 12.4. The molecule has 1 amide bonds. The molecule has 2 aromatic rings. The molecule has 4 rings (SSSR count). The minimum Gasteiger partial charge on any atom is -0.368 e. The molecular weight excluding hydrogens is 493 g/mol. The number of sulfonamides is 1. The Labute approximate surface area is 200 Å². The highest BCUT2D eigenvalue weighted by molar-refractivity contribution is 7.90. The second-order valence-electron chi connectivity index (χ2n) is 8.15. The highest BCUT2D eigenvalue weighted by atomic mass is 35.5. The topological polar surface area (TPSA) is 82.1 Å². The van der Waals surface area contributed by atoms with E-state index in [-0.39, 0.29) is 35.2 Å². The molecule has 182 valence electrons. The van der Waals surface area contributed by atoms with E-state index in [2.05, 4.69) is 14.6 Å². The fourth-order valence-electron chi connectivity index (χ4n) is 4.01. The van der Waals surface area contributed by atoms with Gasteiger partial charge in [0.25, 0.3) is 10.0 Å². The first-order valence-electron chi connectivity index (χ1n) is 10.5. The molecule has 0 aromatic heterocycles. The maximum absolute atomic E-state index is 13.0. The van der Waals surface area contributed by atoms with E-state index < -0.39 is 21.8 Å². The zero-order valence-electron chi connectivity index (χ0n) is 18.2. The van der Waals surface area contributed by atoms with E-state index in [9.17, 15) is 26.4 Å². The van der Waals surface area contributed by atoms with Crippen LogP contribution in [0, 0.1) is 6.92 Å². The van der Waals surface area contributed by atoms with Crippen molar-refractivity contribution >= 4 is 44.7 Å². The number of benzene rings is 2. The number of carbonyl (C=O) groups is 1. The van der Waals surface area contributed by atoms with E-state index in [1.54, 1.807) is 4.90 Å². The van der Waals surface area contributed by atoms with Crippen LogP contribution in [0.4, 0.5) is 24.5 Å². The van der Waals surface area contributed by atoms with Gasteiger partial charge in [0, 0.05) is 49.7 Å². The summed E-state index contributed by atoms with van der Waals surface area (Å²) >= 11 is 6.11. The van der Waals surface area contributed by atoms with Gasteiger partial charge in [0.2, 0.25) is 5.91 Å². The van der Waals surface area contributed by atoms with Gasteiger partial charge in [-0.15, -0.1) is 4.40 Å². The van der Waals surface area contributed by atoms with E-state index in [4.69, 9.17) is 11.6 Å². The monoisotopic (exact) mass is 514 g/mol. The van der Waals surface area contributed by atoms with Crippen molar-refractivity contribution in [2.75, 3.05) is 36.4 Å². The van der Waals surface area contributed by atoms with Crippen LogP contribution in [0.2, 0.25) is 5.02 Å². The number of carbonyl (C=O) groups excluding carboxylic acids is 1. The van der Waals surface area contributed by atoms with E-state index in [0.717, 1.165) is 23.4 Å². The van der Waals surface area contributed by atoms with E-state index in [1.807, 2.05) is 25.1 Å². The molecule has 0 unspecified atom stereocenters. The molecule has 0 radical (unpaired) electrons. The molecule has 7 nitrogen and oxygen atoms in total. The SMILES string of the molecule is Cc1ccc(Cl)cc1N1CCN(C(=O)CCC2=NS(=O)(=O)c3ccc(C(F)(F)F)cc3N2)CC1. The van der Waals surface area contributed by atoms with Crippen LogP contribution in [0.5, 0.6) is 0 Å². The molecule has 2 heterocycles. The lowest BCUT2D eigenvalue weighted by molar-refractivity contribution is -0.137. The highest BCUT2D eigenvalue weighted by Crippen LogP contribution is 2.36. The first kappa shape index (κ1) is 24.3. The Morgan fingerprint density at radius 1 is 1.12 bits per heavy atom. The number of hydrogen-bond acceptors (Lipinski definition) is 5. The average molecular weight is 515 g/mol. The number of anilines is 2. The molecule has 0 atom stereocenters. The van der Waals surface area contributed by atoms with Crippen molar-refractivity contribution < 1.29 is 26.4 Å². The molecule has 1 fully saturated rings. The number of alkyl halides is 3. The van der Waals surface area contributed by atoms with Crippen molar-refractivity contribution in [1.29, 1.82) is 0 Å². The largest absolute Gasteiger partial charge is 0.416 e. The Balaban J connectivity index is 1.37. The lowest BCUT2D eigenvalue weighted by Crippen LogP contribution is -2.49. The van der Waals surface area contributed by atoms with Gasteiger partial charge in [0.1, 0.15) is 10.7 Å². The quantitative estimate of drug-likeness (QED) is 0.657. The molecule has 1 saturated heterocycles. The van der Waals surface area contributed by atoms with Gasteiger partial charge in [-0.05, 0) is 42.8 Å². The molecule has 2 aromatic carbocycles. The standard InChI is InChI=1S/C22H22ClF3N4O3S/c1-14-2-4-16(23)13-18(14)29-8-10-30(11-9-29)21(31)7-6-20-27-17-12-15(22(24,25)26)3-5-19(17)34(32,33)28-20/h2-5,12-13H,6-11H2,1H3,(H,27,28). The summed E-state index contributed by atoms with van der Waals surface area (Å²) in [5, 5.41) is 3.28. The minimum absolute atomic E-state index is 0.0220. The molecule has 0 bridgehead atoms. The van der Waals surface area contributed by atoms with Crippen LogP contribution in [0.1, 0.15) is 24.0 Å². The van der Waals surface area contributed by atoms with E-state index in [1.165, 1.54) is 0 Å². The van der Waals surface area contributed by atoms with E-state index in [0.29, 0.717) is 37.3 Å². The van der Waals surface area contributed by atoms with Gasteiger partial charge in [-0.25, -0.2) is 0 Å². The second-order valence-corrected chi connectivity index (χ2v) is 10.2. The third-order valence-corrected chi connectivity index (χ3v) is 7.42.